The number of urea groups is 1. The molecule has 0 aliphatic rings. The monoisotopic (exact) mass is 286 g/mol. The Morgan fingerprint density at radius 2 is 2.05 bits per heavy atom. The molecule has 0 spiro atoms. The molecule has 1 aromatic rings. The van der Waals surface area contributed by atoms with Crippen LogP contribution in [0.5, 0.6) is 0 Å². The van der Waals surface area contributed by atoms with Crippen molar-refractivity contribution in [1.82, 2.24) is 10.6 Å². The highest BCUT2D eigenvalue weighted by molar-refractivity contribution is 6.31. The van der Waals surface area contributed by atoms with Gasteiger partial charge in [-0.15, -0.1) is 0 Å². The van der Waals surface area contributed by atoms with E-state index < -0.39 is 0 Å². The average molecular weight is 287 g/mol. The normalized spacial score (nSPS) is 11.9. The fourth-order valence-electron chi connectivity index (χ4n) is 1.57. The number of hydrogen-bond donors (Lipinski definition) is 2. The minimum Gasteiger partial charge on any atom is -0.383 e. The van der Waals surface area contributed by atoms with E-state index in [2.05, 4.69) is 10.6 Å². The maximum Gasteiger partial charge on any atom is 0.314 e. The van der Waals surface area contributed by atoms with Crippen LogP contribution in [0.2, 0.25) is 5.02 Å². The Morgan fingerprint density at radius 3 is 2.68 bits per heavy atom. The van der Waals surface area contributed by atoms with Gasteiger partial charge in [-0.25, -0.2) is 4.79 Å². The Bertz CT molecular complexity index is 401. The largest absolute Gasteiger partial charge is 0.383 e. The number of rotatable bonds is 7. The lowest BCUT2D eigenvalue weighted by atomic mass is 10.1. The molecule has 6 heteroatoms. The predicted octanol–water partition coefficient (Wildman–Crippen LogP) is 1.97. The molecule has 1 aromatic carbocycles. The lowest BCUT2D eigenvalue weighted by molar-refractivity contribution is 0.104. The van der Waals surface area contributed by atoms with Gasteiger partial charge in [0.15, 0.2) is 0 Å². The van der Waals surface area contributed by atoms with Gasteiger partial charge in [-0.05, 0) is 6.07 Å². The Labute approximate surface area is 118 Å². The highest BCUT2D eigenvalue weighted by atomic mass is 35.5. The first-order chi connectivity index (χ1) is 9.19. The van der Waals surface area contributed by atoms with Crippen molar-refractivity contribution in [3.8, 4) is 0 Å². The van der Waals surface area contributed by atoms with E-state index in [0.29, 0.717) is 24.7 Å². The van der Waals surface area contributed by atoms with Crippen molar-refractivity contribution in [3.63, 3.8) is 0 Å². The summed E-state index contributed by atoms with van der Waals surface area (Å²) in [7, 11) is 3.16. The highest BCUT2D eigenvalue weighted by Crippen LogP contribution is 2.24. The fourth-order valence-corrected chi connectivity index (χ4v) is 1.83. The summed E-state index contributed by atoms with van der Waals surface area (Å²) in [6.45, 7) is 1.29. The number of hydrogen-bond acceptors (Lipinski definition) is 3. The third-order valence-corrected chi connectivity index (χ3v) is 2.92. The number of nitrogens with one attached hydrogen (secondary N) is 2. The Balaban J connectivity index is 2.45. The quantitative estimate of drug-likeness (QED) is 0.754. The van der Waals surface area contributed by atoms with Crippen molar-refractivity contribution in [2.75, 3.05) is 33.9 Å². The SMILES string of the molecule is COCCNC(=O)NCC(OC)c1ccccc1Cl. The third-order valence-electron chi connectivity index (χ3n) is 2.58. The van der Waals surface area contributed by atoms with Gasteiger partial charge in [0, 0.05) is 37.9 Å². The van der Waals surface area contributed by atoms with Crippen molar-refractivity contribution >= 4 is 17.6 Å². The van der Waals surface area contributed by atoms with Gasteiger partial charge >= 0.3 is 6.03 Å². The number of amides is 2. The van der Waals surface area contributed by atoms with Crippen LogP contribution < -0.4 is 10.6 Å². The molecule has 0 saturated heterocycles. The number of halogens is 1. The predicted molar refractivity (Wildman–Crippen MR) is 74.5 cm³/mol. The maximum absolute atomic E-state index is 11.5. The first-order valence-corrected chi connectivity index (χ1v) is 6.34. The van der Waals surface area contributed by atoms with E-state index in [1.165, 1.54) is 0 Å². The van der Waals surface area contributed by atoms with Gasteiger partial charge in [0.05, 0.1) is 6.61 Å². The Hall–Kier alpha value is -1.30. The molecule has 5 nitrogen and oxygen atoms in total. The zero-order valence-corrected chi connectivity index (χ0v) is 11.9. The van der Waals surface area contributed by atoms with Crippen LogP contribution in [0.15, 0.2) is 24.3 Å². The number of carbonyl (C=O) groups excluding carboxylic acids is 1. The topological polar surface area (TPSA) is 59.6 Å². The molecule has 0 aromatic heterocycles. The minimum atomic E-state index is -0.276. The van der Waals surface area contributed by atoms with Crippen LogP contribution in [0.3, 0.4) is 0 Å². The zero-order valence-electron chi connectivity index (χ0n) is 11.1. The van der Waals surface area contributed by atoms with Crippen LogP contribution in [0.25, 0.3) is 0 Å². The van der Waals surface area contributed by atoms with Crippen LogP contribution in [0.4, 0.5) is 4.79 Å². The summed E-state index contributed by atoms with van der Waals surface area (Å²) in [6, 6.07) is 7.14. The van der Waals surface area contributed by atoms with E-state index in [-0.39, 0.29) is 12.1 Å². The maximum atomic E-state index is 11.5. The van der Waals surface area contributed by atoms with Gasteiger partial charge in [-0.1, -0.05) is 29.8 Å². The van der Waals surface area contributed by atoms with Crippen LogP contribution in [0.1, 0.15) is 11.7 Å². The third kappa shape index (κ3) is 5.46. The summed E-state index contributed by atoms with van der Waals surface area (Å²) >= 11 is 6.09. The van der Waals surface area contributed by atoms with Crippen molar-refractivity contribution < 1.29 is 14.3 Å². The number of benzene rings is 1. The summed E-state index contributed by atoms with van der Waals surface area (Å²) in [5.74, 6) is 0. The zero-order chi connectivity index (χ0) is 14.1. The van der Waals surface area contributed by atoms with Crippen LogP contribution >= 0.6 is 11.6 Å². The highest BCUT2D eigenvalue weighted by Gasteiger charge is 2.14. The fraction of sp³-hybridized carbons (Fsp3) is 0.462. The summed E-state index contributed by atoms with van der Waals surface area (Å²) in [5.41, 5.74) is 0.851. The molecule has 2 amide bonds. The van der Waals surface area contributed by atoms with Crippen molar-refractivity contribution in [2.24, 2.45) is 0 Å². The molecule has 19 heavy (non-hydrogen) atoms. The lowest BCUT2D eigenvalue weighted by Crippen LogP contribution is -2.39. The van der Waals surface area contributed by atoms with Gasteiger partial charge in [-0.3, -0.25) is 0 Å². The van der Waals surface area contributed by atoms with E-state index in [1.54, 1.807) is 20.3 Å². The van der Waals surface area contributed by atoms with Crippen molar-refractivity contribution in [1.29, 1.82) is 0 Å². The summed E-state index contributed by atoms with van der Waals surface area (Å²) in [6.07, 6.45) is -0.276. The summed E-state index contributed by atoms with van der Waals surface area (Å²) < 4.78 is 10.2. The molecule has 1 unspecified atom stereocenters. The molecule has 0 saturated carbocycles. The smallest absolute Gasteiger partial charge is 0.314 e. The molecule has 0 bridgehead atoms. The number of ether oxygens (including phenoxy) is 2. The average Bonchev–Trinajstić information content (AvgIpc) is 2.41. The molecule has 0 aliphatic heterocycles. The van der Waals surface area contributed by atoms with Gasteiger partial charge in [0.25, 0.3) is 0 Å². The first kappa shape index (κ1) is 15.8. The molecule has 0 heterocycles. The molecule has 106 valence electrons. The number of methoxy groups -OCH3 is 2. The second-order valence-electron chi connectivity index (χ2n) is 3.88. The second kappa shape index (κ2) is 8.74. The van der Waals surface area contributed by atoms with Gasteiger partial charge in [0.2, 0.25) is 0 Å². The van der Waals surface area contributed by atoms with E-state index in [1.807, 2.05) is 18.2 Å². The van der Waals surface area contributed by atoms with E-state index >= 15 is 0 Å². The lowest BCUT2D eigenvalue weighted by Gasteiger charge is -2.18. The Morgan fingerprint density at radius 1 is 1.32 bits per heavy atom. The molecule has 1 rings (SSSR count). The summed E-state index contributed by atoms with van der Waals surface area (Å²) in [4.78, 5) is 11.5. The molecule has 0 radical (unpaired) electrons. The van der Waals surface area contributed by atoms with Crippen LogP contribution in [-0.2, 0) is 9.47 Å². The van der Waals surface area contributed by atoms with Crippen LogP contribution in [-0.4, -0.2) is 39.9 Å². The second-order valence-corrected chi connectivity index (χ2v) is 4.28. The van der Waals surface area contributed by atoms with E-state index in [4.69, 9.17) is 21.1 Å². The summed E-state index contributed by atoms with van der Waals surface area (Å²) in [5, 5.41) is 6.02. The van der Waals surface area contributed by atoms with Crippen LogP contribution in [0, 0.1) is 0 Å². The van der Waals surface area contributed by atoms with Crippen molar-refractivity contribution in [2.45, 2.75) is 6.10 Å². The molecule has 1 atom stereocenters. The van der Waals surface area contributed by atoms with Gasteiger partial charge in [0.1, 0.15) is 6.10 Å². The minimum absolute atomic E-state index is 0.258. The standard InChI is InChI=1S/C13H19ClN2O3/c1-18-8-7-15-13(17)16-9-12(19-2)10-5-3-4-6-11(10)14/h3-6,12H,7-9H2,1-2H3,(H2,15,16,17). The van der Waals surface area contributed by atoms with Crippen molar-refractivity contribution in [3.05, 3.63) is 34.9 Å². The molecular weight excluding hydrogens is 268 g/mol. The molecular formula is C13H19ClN2O3. The van der Waals surface area contributed by atoms with Gasteiger partial charge < -0.3 is 20.1 Å². The first-order valence-electron chi connectivity index (χ1n) is 5.97. The molecule has 0 fully saturated rings. The molecule has 0 aliphatic carbocycles. The van der Waals surface area contributed by atoms with E-state index in [0.717, 1.165) is 5.56 Å². The Kier molecular flexibility index (Phi) is 7.25. The number of carbonyl (C=O) groups is 1. The molecule has 2 N–H and O–H groups in total. The van der Waals surface area contributed by atoms with Gasteiger partial charge in [-0.2, -0.15) is 0 Å². The van der Waals surface area contributed by atoms with E-state index in [9.17, 15) is 4.79 Å².